The van der Waals surface area contributed by atoms with Crippen LogP contribution in [0.2, 0.25) is 0 Å². The monoisotopic (exact) mass is 563 g/mol. The van der Waals surface area contributed by atoms with Crippen molar-refractivity contribution < 1.29 is 22.7 Å². The second kappa shape index (κ2) is 10.0. The normalized spacial score (nSPS) is 26.0. The van der Waals surface area contributed by atoms with E-state index in [0.717, 1.165) is 37.8 Å². The summed E-state index contributed by atoms with van der Waals surface area (Å²) in [6.45, 7) is 4.72. The third-order valence-corrected chi connectivity index (χ3v) is 9.23. The Kier molecular flexibility index (Phi) is 6.41. The van der Waals surface area contributed by atoms with Gasteiger partial charge in [0.2, 0.25) is 0 Å². The van der Waals surface area contributed by atoms with Gasteiger partial charge in [-0.05, 0) is 66.8 Å². The van der Waals surface area contributed by atoms with Crippen LogP contribution >= 0.6 is 0 Å². The van der Waals surface area contributed by atoms with E-state index in [2.05, 4.69) is 38.1 Å². The van der Waals surface area contributed by atoms with Gasteiger partial charge in [-0.25, -0.2) is 13.2 Å². The Morgan fingerprint density at radius 3 is 2.93 bits per heavy atom. The molecule has 7 rings (SSSR count). The standard InChI is InChI=1S/C31H32F3N5O2/c1-17(32)29(40)36-10-9-35-28-23-7-6-22(21-5-2-4-18-12-19-13-24(19)25(18)21)26(34)27(23)37-30(38-28)41-16-31-8-3-11-39(31)15-20(33)14-31/h2,4-7,19-20,24H,1,3,8-16H2,(H,36,40)(H,35,37,38)/t19-,20+,24+,31-/m0/s1. The van der Waals surface area contributed by atoms with Crippen molar-refractivity contribution in [1.82, 2.24) is 20.2 Å². The molecule has 1 saturated carbocycles. The third-order valence-electron chi connectivity index (χ3n) is 9.23. The maximum absolute atomic E-state index is 16.4. The molecule has 0 unspecified atom stereocenters. The summed E-state index contributed by atoms with van der Waals surface area (Å²) in [5.41, 5.74) is 3.64. The molecule has 3 heterocycles. The van der Waals surface area contributed by atoms with E-state index in [1.165, 1.54) is 11.1 Å². The number of rotatable bonds is 9. The fourth-order valence-electron chi connectivity index (χ4n) is 7.22. The van der Waals surface area contributed by atoms with E-state index >= 15 is 4.39 Å². The average molecular weight is 564 g/mol. The zero-order chi connectivity index (χ0) is 28.3. The van der Waals surface area contributed by atoms with Crippen LogP contribution in [0, 0.1) is 11.7 Å². The van der Waals surface area contributed by atoms with Gasteiger partial charge in [0.05, 0.1) is 5.54 Å². The number of carbonyl (C=O) groups is 1. The quantitative estimate of drug-likeness (QED) is 0.280. The van der Waals surface area contributed by atoms with Crippen LogP contribution < -0.4 is 15.4 Å². The molecule has 0 spiro atoms. The highest BCUT2D eigenvalue weighted by Gasteiger charge is 2.49. The topological polar surface area (TPSA) is 79.4 Å². The van der Waals surface area contributed by atoms with Gasteiger partial charge in [0, 0.05) is 37.0 Å². The largest absolute Gasteiger partial charge is 0.461 e. The van der Waals surface area contributed by atoms with Gasteiger partial charge in [0.15, 0.2) is 11.6 Å². The first-order valence-corrected chi connectivity index (χ1v) is 14.3. The molecule has 41 heavy (non-hydrogen) atoms. The van der Waals surface area contributed by atoms with Gasteiger partial charge in [0.25, 0.3) is 5.91 Å². The minimum Gasteiger partial charge on any atom is -0.461 e. The zero-order valence-electron chi connectivity index (χ0n) is 22.7. The molecule has 7 nitrogen and oxygen atoms in total. The lowest BCUT2D eigenvalue weighted by molar-refractivity contribution is -0.118. The summed E-state index contributed by atoms with van der Waals surface area (Å²) in [5.74, 6) is -0.932. The molecule has 2 aromatic carbocycles. The molecular formula is C31H32F3N5O2. The summed E-state index contributed by atoms with van der Waals surface area (Å²) in [4.78, 5) is 22.7. The molecular weight excluding hydrogens is 531 g/mol. The molecule has 2 aliphatic heterocycles. The van der Waals surface area contributed by atoms with Crippen molar-refractivity contribution in [2.75, 3.05) is 38.1 Å². The SMILES string of the molecule is C=C(F)C(=O)NCCNc1nc(OC[C@@]23CCCN2C[C@H](F)C3)nc2c(F)c(-c3cccc4c3[C@@H]3C[C@@H]3C4)ccc12. The Balaban J connectivity index is 1.22. The number of alkyl halides is 1. The Hall–Kier alpha value is -3.66. The zero-order valence-corrected chi connectivity index (χ0v) is 22.7. The molecule has 0 bridgehead atoms. The minimum atomic E-state index is -1.07. The van der Waals surface area contributed by atoms with E-state index in [1.807, 2.05) is 12.1 Å². The molecule has 2 aliphatic carbocycles. The van der Waals surface area contributed by atoms with Crippen LogP contribution in [0.25, 0.3) is 22.0 Å². The second-order valence-corrected chi connectivity index (χ2v) is 11.8. The number of benzene rings is 2. The van der Waals surface area contributed by atoms with Crippen molar-refractivity contribution in [3.8, 4) is 17.1 Å². The van der Waals surface area contributed by atoms with Crippen molar-refractivity contribution in [2.24, 2.45) is 5.92 Å². The summed E-state index contributed by atoms with van der Waals surface area (Å²) in [6.07, 6.45) is 3.49. The van der Waals surface area contributed by atoms with Gasteiger partial charge in [-0.1, -0.05) is 30.8 Å². The first kappa shape index (κ1) is 26.3. The Morgan fingerprint density at radius 1 is 1.20 bits per heavy atom. The summed E-state index contributed by atoms with van der Waals surface area (Å²) in [7, 11) is 0. The molecule has 2 N–H and O–H groups in total. The highest BCUT2D eigenvalue weighted by Crippen LogP contribution is 2.58. The van der Waals surface area contributed by atoms with Crippen LogP contribution in [0.5, 0.6) is 6.01 Å². The maximum Gasteiger partial charge on any atom is 0.319 e. The smallest absolute Gasteiger partial charge is 0.319 e. The highest BCUT2D eigenvalue weighted by atomic mass is 19.1. The van der Waals surface area contributed by atoms with E-state index in [0.29, 0.717) is 41.6 Å². The van der Waals surface area contributed by atoms with Crippen LogP contribution in [0.4, 0.5) is 19.0 Å². The molecule has 1 aromatic heterocycles. The molecule has 4 atom stereocenters. The van der Waals surface area contributed by atoms with E-state index < -0.39 is 29.3 Å². The minimum absolute atomic E-state index is 0.00121. The first-order chi connectivity index (χ1) is 19.8. The van der Waals surface area contributed by atoms with E-state index in [4.69, 9.17) is 4.74 Å². The van der Waals surface area contributed by atoms with Gasteiger partial charge < -0.3 is 15.4 Å². The molecule has 4 aliphatic rings. The Bertz CT molecular complexity index is 1560. The van der Waals surface area contributed by atoms with Crippen molar-refractivity contribution in [3.63, 3.8) is 0 Å². The number of carbonyl (C=O) groups excluding carboxylic acids is 1. The number of anilines is 1. The molecule has 214 valence electrons. The number of amides is 1. The predicted molar refractivity (Wildman–Crippen MR) is 150 cm³/mol. The fourth-order valence-corrected chi connectivity index (χ4v) is 7.22. The number of fused-ring (bicyclic) bond motifs is 5. The van der Waals surface area contributed by atoms with Crippen LogP contribution in [-0.2, 0) is 11.2 Å². The van der Waals surface area contributed by atoms with Crippen molar-refractivity contribution in [3.05, 3.63) is 59.7 Å². The Labute approximate surface area is 236 Å². The number of hydrogen-bond acceptors (Lipinski definition) is 6. The molecule has 3 aromatic rings. The molecule has 0 radical (unpaired) electrons. The number of nitrogens with zero attached hydrogens (tertiary/aromatic N) is 3. The van der Waals surface area contributed by atoms with E-state index in [1.54, 1.807) is 12.1 Å². The number of ether oxygens (including phenoxy) is 1. The van der Waals surface area contributed by atoms with Crippen LogP contribution in [0.3, 0.4) is 0 Å². The average Bonchev–Trinajstić information content (AvgIpc) is 3.28. The number of nitrogens with one attached hydrogen (secondary N) is 2. The van der Waals surface area contributed by atoms with Crippen LogP contribution in [-0.4, -0.2) is 65.3 Å². The van der Waals surface area contributed by atoms with E-state index in [-0.39, 0.29) is 31.2 Å². The fraction of sp³-hybridized carbons (Fsp3) is 0.452. The maximum atomic E-state index is 16.4. The lowest BCUT2D eigenvalue weighted by Gasteiger charge is -2.30. The summed E-state index contributed by atoms with van der Waals surface area (Å²) in [5, 5.41) is 5.98. The number of hydrogen-bond donors (Lipinski definition) is 2. The summed E-state index contributed by atoms with van der Waals surface area (Å²) < 4.78 is 49.8. The van der Waals surface area contributed by atoms with Gasteiger partial charge in [-0.3, -0.25) is 9.69 Å². The first-order valence-electron chi connectivity index (χ1n) is 14.3. The summed E-state index contributed by atoms with van der Waals surface area (Å²) in [6, 6.07) is 9.65. The highest BCUT2D eigenvalue weighted by molar-refractivity contribution is 5.94. The van der Waals surface area contributed by atoms with Gasteiger partial charge in [-0.2, -0.15) is 9.97 Å². The van der Waals surface area contributed by atoms with Gasteiger partial charge in [0.1, 0.15) is 24.1 Å². The van der Waals surface area contributed by atoms with Gasteiger partial charge >= 0.3 is 6.01 Å². The van der Waals surface area contributed by atoms with Crippen molar-refractivity contribution in [1.29, 1.82) is 0 Å². The number of halogens is 3. The van der Waals surface area contributed by atoms with Crippen LogP contribution in [0.1, 0.15) is 42.7 Å². The van der Waals surface area contributed by atoms with Crippen molar-refractivity contribution >= 4 is 22.6 Å². The molecule has 2 saturated heterocycles. The predicted octanol–water partition coefficient (Wildman–Crippen LogP) is 5.06. The van der Waals surface area contributed by atoms with Gasteiger partial charge in [-0.15, -0.1) is 0 Å². The lowest BCUT2D eigenvalue weighted by Crippen LogP contribution is -2.43. The van der Waals surface area contributed by atoms with Crippen LogP contribution in [0.15, 0.2) is 42.7 Å². The molecule has 3 fully saturated rings. The summed E-state index contributed by atoms with van der Waals surface area (Å²) >= 11 is 0. The Morgan fingerprint density at radius 2 is 2.07 bits per heavy atom. The third kappa shape index (κ3) is 4.62. The molecule has 1 amide bonds. The lowest BCUT2D eigenvalue weighted by atomic mass is 9.93. The molecule has 10 heteroatoms. The number of aromatic nitrogens is 2. The van der Waals surface area contributed by atoms with E-state index in [9.17, 15) is 13.6 Å². The second-order valence-electron chi connectivity index (χ2n) is 11.8. The van der Waals surface area contributed by atoms with Crippen molar-refractivity contribution in [2.45, 2.75) is 49.7 Å².